The SMILES string of the molecule is COc1ccccc1N1CCN(C(=O)CSc2ncnc3c2cnn3-c2ccc(C)cc2)CC1. The van der Waals surface area contributed by atoms with Gasteiger partial charge in [0.05, 0.1) is 35.8 Å². The maximum absolute atomic E-state index is 12.9. The molecule has 1 aliphatic heterocycles. The number of para-hydroxylation sites is 2. The van der Waals surface area contributed by atoms with Crippen LogP contribution in [0.25, 0.3) is 16.7 Å². The maximum Gasteiger partial charge on any atom is 0.233 e. The van der Waals surface area contributed by atoms with E-state index in [9.17, 15) is 4.79 Å². The van der Waals surface area contributed by atoms with E-state index in [1.54, 1.807) is 18.0 Å². The third-order valence-corrected chi connectivity index (χ3v) is 6.99. The summed E-state index contributed by atoms with van der Waals surface area (Å²) in [5.74, 6) is 1.30. The Hall–Kier alpha value is -3.59. The summed E-state index contributed by atoms with van der Waals surface area (Å²) in [5.41, 5.74) is 3.94. The molecule has 1 amide bonds. The van der Waals surface area contributed by atoms with Gasteiger partial charge in [0.2, 0.25) is 5.91 Å². The number of amides is 1. The van der Waals surface area contributed by atoms with Crippen LogP contribution in [0, 0.1) is 6.92 Å². The van der Waals surface area contributed by atoms with Gasteiger partial charge in [-0.3, -0.25) is 4.79 Å². The van der Waals surface area contributed by atoms with Crippen LogP contribution < -0.4 is 9.64 Å². The van der Waals surface area contributed by atoms with E-state index < -0.39 is 0 Å². The van der Waals surface area contributed by atoms with Gasteiger partial charge in [-0.05, 0) is 31.2 Å². The fraction of sp³-hybridized carbons (Fsp3) is 0.280. The van der Waals surface area contributed by atoms with Crippen LogP contribution in [0.2, 0.25) is 0 Å². The molecule has 0 spiro atoms. The van der Waals surface area contributed by atoms with Crippen LogP contribution in [-0.2, 0) is 4.79 Å². The molecule has 0 N–H and O–H groups in total. The van der Waals surface area contributed by atoms with Gasteiger partial charge in [0.15, 0.2) is 5.65 Å². The Morgan fingerprint density at radius 2 is 1.79 bits per heavy atom. The lowest BCUT2D eigenvalue weighted by molar-refractivity contribution is -0.128. The molecule has 4 aromatic rings. The highest BCUT2D eigenvalue weighted by molar-refractivity contribution is 8.00. The molecule has 1 saturated heterocycles. The molecule has 5 rings (SSSR count). The van der Waals surface area contributed by atoms with Crippen LogP contribution in [0.5, 0.6) is 5.75 Å². The fourth-order valence-corrected chi connectivity index (χ4v) is 4.99. The van der Waals surface area contributed by atoms with Crippen molar-refractivity contribution in [3.8, 4) is 11.4 Å². The highest BCUT2D eigenvalue weighted by Gasteiger charge is 2.23. The molecule has 8 nitrogen and oxygen atoms in total. The zero-order valence-electron chi connectivity index (χ0n) is 19.2. The normalized spacial score (nSPS) is 13.9. The Balaban J connectivity index is 1.23. The monoisotopic (exact) mass is 474 g/mol. The average Bonchev–Trinajstić information content (AvgIpc) is 3.32. The molecule has 0 bridgehead atoms. The van der Waals surface area contributed by atoms with E-state index in [-0.39, 0.29) is 5.91 Å². The van der Waals surface area contributed by atoms with Crippen LogP contribution in [-0.4, -0.2) is 69.6 Å². The van der Waals surface area contributed by atoms with Crippen LogP contribution in [0.15, 0.2) is 66.1 Å². The Labute approximate surface area is 202 Å². The van der Waals surface area contributed by atoms with Crippen molar-refractivity contribution in [2.75, 3.05) is 43.9 Å². The molecule has 2 aromatic carbocycles. The number of fused-ring (bicyclic) bond motifs is 1. The van der Waals surface area contributed by atoms with Crippen molar-refractivity contribution in [3.63, 3.8) is 0 Å². The number of rotatable bonds is 6. The lowest BCUT2D eigenvalue weighted by Crippen LogP contribution is -2.49. The number of hydrogen-bond acceptors (Lipinski definition) is 7. The van der Waals surface area contributed by atoms with Crippen molar-refractivity contribution in [1.29, 1.82) is 0 Å². The predicted octanol–water partition coefficient (Wildman–Crippen LogP) is 3.57. The molecule has 34 heavy (non-hydrogen) atoms. The predicted molar refractivity (Wildman–Crippen MR) is 134 cm³/mol. The Morgan fingerprint density at radius 1 is 1.03 bits per heavy atom. The van der Waals surface area contributed by atoms with Crippen LogP contribution in [0.1, 0.15) is 5.56 Å². The van der Waals surface area contributed by atoms with Crippen molar-refractivity contribution >= 4 is 34.4 Å². The van der Waals surface area contributed by atoms with Crippen LogP contribution in [0.3, 0.4) is 0 Å². The Morgan fingerprint density at radius 3 is 2.56 bits per heavy atom. The third kappa shape index (κ3) is 4.43. The van der Waals surface area contributed by atoms with Gasteiger partial charge >= 0.3 is 0 Å². The molecule has 1 fully saturated rings. The molecule has 3 heterocycles. The lowest BCUT2D eigenvalue weighted by Gasteiger charge is -2.36. The van der Waals surface area contributed by atoms with Crippen molar-refractivity contribution in [3.05, 3.63) is 66.6 Å². The molecule has 9 heteroatoms. The molecule has 0 atom stereocenters. The summed E-state index contributed by atoms with van der Waals surface area (Å²) in [6.45, 7) is 4.97. The maximum atomic E-state index is 12.9. The Bertz CT molecular complexity index is 1300. The number of methoxy groups -OCH3 is 1. The first-order valence-corrected chi connectivity index (χ1v) is 12.2. The third-order valence-electron chi connectivity index (χ3n) is 6.00. The molecule has 174 valence electrons. The van der Waals surface area contributed by atoms with Gasteiger partial charge in [0, 0.05) is 26.2 Å². The second-order valence-electron chi connectivity index (χ2n) is 8.14. The van der Waals surface area contributed by atoms with Gasteiger partial charge in [-0.25, -0.2) is 14.6 Å². The number of thioether (sulfide) groups is 1. The molecule has 0 radical (unpaired) electrons. The first kappa shape index (κ1) is 22.2. The Kier molecular flexibility index (Phi) is 6.35. The van der Waals surface area contributed by atoms with E-state index >= 15 is 0 Å². The van der Waals surface area contributed by atoms with Gasteiger partial charge in [0.1, 0.15) is 17.1 Å². The van der Waals surface area contributed by atoms with Crippen molar-refractivity contribution in [1.82, 2.24) is 24.6 Å². The molecule has 0 saturated carbocycles. The lowest BCUT2D eigenvalue weighted by atomic mass is 10.2. The summed E-state index contributed by atoms with van der Waals surface area (Å²) in [7, 11) is 1.68. The number of ether oxygens (including phenoxy) is 1. The van der Waals surface area contributed by atoms with E-state index in [1.807, 2.05) is 47.4 Å². The van der Waals surface area contributed by atoms with Gasteiger partial charge < -0.3 is 14.5 Å². The molecular formula is C25H26N6O2S. The standard InChI is InChI=1S/C25H26N6O2S/c1-18-7-9-19(10-8-18)31-24-20(15-28-31)25(27-17-26-24)34-16-23(32)30-13-11-29(12-14-30)21-5-3-4-6-22(21)33-2/h3-10,15,17H,11-14,16H2,1-2H3. The van der Waals surface area contributed by atoms with Gasteiger partial charge in [-0.2, -0.15) is 5.10 Å². The molecule has 1 aliphatic rings. The smallest absolute Gasteiger partial charge is 0.233 e. The summed E-state index contributed by atoms with van der Waals surface area (Å²) in [4.78, 5) is 26.0. The zero-order valence-corrected chi connectivity index (χ0v) is 20.0. The number of hydrogen-bond donors (Lipinski definition) is 0. The average molecular weight is 475 g/mol. The number of piperazine rings is 1. The molecule has 0 aliphatic carbocycles. The van der Waals surface area contributed by atoms with Crippen molar-refractivity contribution < 1.29 is 9.53 Å². The number of carbonyl (C=O) groups is 1. The minimum atomic E-state index is 0.113. The number of benzene rings is 2. The molecular weight excluding hydrogens is 448 g/mol. The minimum absolute atomic E-state index is 0.113. The summed E-state index contributed by atoms with van der Waals surface area (Å²) >= 11 is 1.44. The number of aryl methyl sites for hydroxylation is 1. The number of aromatic nitrogens is 4. The second-order valence-corrected chi connectivity index (χ2v) is 9.10. The topological polar surface area (TPSA) is 76.4 Å². The number of nitrogens with zero attached hydrogens (tertiary/aromatic N) is 6. The van der Waals surface area contributed by atoms with Crippen LogP contribution in [0.4, 0.5) is 5.69 Å². The van der Waals surface area contributed by atoms with E-state index in [0.29, 0.717) is 18.8 Å². The van der Waals surface area contributed by atoms with E-state index in [4.69, 9.17) is 4.74 Å². The zero-order chi connectivity index (χ0) is 23.5. The summed E-state index contributed by atoms with van der Waals surface area (Å²) in [6.07, 6.45) is 3.31. The highest BCUT2D eigenvalue weighted by Crippen LogP contribution is 2.29. The van der Waals surface area contributed by atoms with E-state index in [1.165, 1.54) is 23.7 Å². The highest BCUT2D eigenvalue weighted by atomic mass is 32.2. The molecule has 0 unspecified atom stereocenters. The fourth-order valence-electron chi connectivity index (χ4n) is 4.12. The van der Waals surface area contributed by atoms with Crippen molar-refractivity contribution in [2.45, 2.75) is 11.9 Å². The number of carbonyl (C=O) groups excluding carboxylic acids is 1. The van der Waals surface area contributed by atoms with E-state index in [2.05, 4.69) is 33.0 Å². The first-order chi connectivity index (χ1) is 16.6. The minimum Gasteiger partial charge on any atom is -0.495 e. The second kappa shape index (κ2) is 9.72. The van der Waals surface area contributed by atoms with Crippen LogP contribution >= 0.6 is 11.8 Å². The van der Waals surface area contributed by atoms with E-state index in [0.717, 1.165) is 46.3 Å². The number of anilines is 1. The van der Waals surface area contributed by atoms with Gasteiger partial charge in [-0.1, -0.05) is 41.6 Å². The summed E-state index contributed by atoms with van der Waals surface area (Å²) in [5, 5.41) is 6.13. The summed E-state index contributed by atoms with van der Waals surface area (Å²) in [6, 6.07) is 16.1. The quantitative estimate of drug-likeness (QED) is 0.312. The molecule has 2 aromatic heterocycles. The van der Waals surface area contributed by atoms with Gasteiger partial charge in [0.25, 0.3) is 0 Å². The summed E-state index contributed by atoms with van der Waals surface area (Å²) < 4.78 is 7.29. The van der Waals surface area contributed by atoms with Crippen molar-refractivity contribution in [2.24, 2.45) is 0 Å². The largest absolute Gasteiger partial charge is 0.495 e. The van der Waals surface area contributed by atoms with Gasteiger partial charge in [-0.15, -0.1) is 0 Å². The first-order valence-electron chi connectivity index (χ1n) is 11.2.